The molecule has 1 aromatic rings. The first-order chi connectivity index (χ1) is 9.60. The first-order valence-corrected chi connectivity index (χ1v) is 9.86. The summed E-state index contributed by atoms with van der Waals surface area (Å²) in [4.78, 5) is 0. The van der Waals surface area contributed by atoms with Gasteiger partial charge < -0.3 is 10.1 Å². The molecule has 0 amide bonds. The lowest BCUT2D eigenvalue weighted by atomic mass is 10.1. The Morgan fingerprint density at radius 2 is 1.90 bits per heavy atom. The van der Waals surface area contributed by atoms with E-state index in [1.807, 2.05) is 6.92 Å². The lowest BCUT2D eigenvalue weighted by molar-refractivity contribution is 0.336. The smallest absolute Gasteiger partial charge is 0.147 e. The van der Waals surface area contributed by atoms with E-state index >= 15 is 0 Å². The third-order valence-corrected chi connectivity index (χ3v) is 5.89. The summed E-state index contributed by atoms with van der Waals surface area (Å²) in [5.41, 5.74) is 1.21. The van der Waals surface area contributed by atoms with Crippen molar-refractivity contribution in [2.75, 3.05) is 18.1 Å². The van der Waals surface area contributed by atoms with Crippen molar-refractivity contribution < 1.29 is 8.95 Å². The highest BCUT2D eigenvalue weighted by Gasteiger charge is 2.17. The number of hydrogen-bond donors (Lipinski definition) is 1. The molecule has 1 heterocycles. The fourth-order valence-electron chi connectivity index (χ4n) is 2.26. The fourth-order valence-corrected chi connectivity index (χ4v) is 5.07. The zero-order valence-electron chi connectivity index (χ0n) is 11.5. The number of hydrogen-bond acceptors (Lipinski definition) is 3. The topological polar surface area (TPSA) is 38.3 Å². The molecule has 2 rings (SSSR count). The third-order valence-electron chi connectivity index (χ3n) is 3.33. The van der Waals surface area contributed by atoms with Gasteiger partial charge in [0.1, 0.15) is 5.75 Å². The minimum absolute atomic E-state index is 0.483. The maximum Gasteiger partial charge on any atom is 0.147 e. The highest BCUT2D eigenvalue weighted by atomic mass is 79.9. The molecule has 0 spiro atoms. The molecule has 112 valence electrons. The molecule has 1 aliphatic heterocycles. The van der Waals surface area contributed by atoms with Gasteiger partial charge in [-0.25, -0.2) is 0 Å². The minimum atomic E-state index is -0.593. The summed E-state index contributed by atoms with van der Waals surface area (Å²) in [6, 6.07) is 4.66. The van der Waals surface area contributed by atoms with Gasteiger partial charge in [-0.15, -0.1) is 0 Å². The number of halogens is 2. The van der Waals surface area contributed by atoms with Crippen LogP contribution in [-0.2, 0) is 17.3 Å². The van der Waals surface area contributed by atoms with Crippen molar-refractivity contribution in [2.45, 2.75) is 32.4 Å². The van der Waals surface area contributed by atoms with Gasteiger partial charge in [0, 0.05) is 34.9 Å². The van der Waals surface area contributed by atoms with Crippen molar-refractivity contribution in [1.82, 2.24) is 5.32 Å². The molecule has 0 unspecified atom stereocenters. The molecule has 1 fully saturated rings. The van der Waals surface area contributed by atoms with Gasteiger partial charge in [0.05, 0.1) is 15.6 Å². The van der Waals surface area contributed by atoms with Crippen LogP contribution in [0.15, 0.2) is 21.1 Å². The first-order valence-electron chi connectivity index (χ1n) is 6.79. The SMILES string of the molecule is CCOc1c(Br)cc(CNC2CCS(=O)CC2)cc1Br. The highest BCUT2D eigenvalue weighted by molar-refractivity contribution is 9.11. The van der Waals surface area contributed by atoms with Gasteiger partial charge in [0.15, 0.2) is 0 Å². The van der Waals surface area contributed by atoms with Crippen molar-refractivity contribution in [1.29, 1.82) is 0 Å². The van der Waals surface area contributed by atoms with E-state index in [0.717, 1.165) is 45.6 Å². The van der Waals surface area contributed by atoms with Gasteiger partial charge in [-0.05, 0) is 69.3 Å². The molecule has 0 saturated carbocycles. The highest BCUT2D eigenvalue weighted by Crippen LogP contribution is 2.34. The molecule has 1 N–H and O–H groups in total. The van der Waals surface area contributed by atoms with E-state index in [4.69, 9.17) is 4.74 Å². The Hall–Kier alpha value is 0.0900. The molecular weight excluding hydrogens is 406 g/mol. The van der Waals surface area contributed by atoms with Crippen LogP contribution in [0.5, 0.6) is 5.75 Å². The van der Waals surface area contributed by atoms with Crippen LogP contribution >= 0.6 is 31.9 Å². The summed E-state index contributed by atoms with van der Waals surface area (Å²) in [5, 5.41) is 3.55. The summed E-state index contributed by atoms with van der Waals surface area (Å²) in [6.45, 7) is 3.44. The average Bonchev–Trinajstić information content (AvgIpc) is 2.42. The number of ether oxygens (including phenoxy) is 1. The maximum absolute atomic E-state index is 11.3. The molecule has 0 bridgehead atoms. The van der Waals surface area contributed by atoms with Crippen LogP contribution in [0.1, 0.15) is 25.3 Å². The predicted molar refractivity (Wildman–Crippen MR) is 90.7 cm³/mol. The second-order valence-electron chi connectivity index (χ2n) is 4.82. The molecule has 3 nitrogen and oxygen atoms in total. The second kappa shape index (κ2) is 7.92. The van der Waals surface area contributed by atoms with E-state index < -0.39 is 10.8 Å². The van der Waals surface area contributed by atoms with E-state index in [0.29, 0.717) is 12.6 Å². The molecule has 0 atom stereocenters. The van der Waals surface area contributed by atoms with Gasteiger partial charge >= 0.3 is 0 Å². The zero-order valence-corrected chi connectivity index (χ0v) is 15.4. The largest absolute Gasteiger partial charge is 0.492 e. The van der Waals surface area contributed by atoms with Gasteiger partial charge in [0.25, 0.3) is 0 Å². The molecule has 20 heavy (non-hydrogen) atoms. The van der Waals surface area contributed by atoms with E-state index in [1.165, 1.54) is 5.56 Å². The van der Waals surface area contributed by atoms with Crippen LogP contribution in [0, 0.1) is 0 Å². The third kappa shape index (κ3) is 4.55. The number of nitrogens with one attached hydrogen (secondary N) is 1. The summed E-state index contributed by atoms with van der Waals surface area (Å²) in [7, 11) is -0.593. The molecular formula is C14H19Br2NO2S. The Bertz CT molecular complexity index is 463. The number of rotatable bonds is 5. The van der Waals surface area contributed by atoms with Crippen LogP contribution in [0.4, 0.5) is 0 Å². The van der Waals surface area contributed by atoms with Crippen LogP contribution in [0.25, 0.3) is 0 Å². The van der Waals surface area contributed by atoms with Gasteiger partial charge in [-0.2, -0.15) is 0 Å². The van der Waals surface area contributed by atoms with Crippen molar-refractivity contribution in [3.8, 4) is 5.75 Å². The Labute approximate surface area is 139 Å². The molecule has 1 saturated heterocycles. The van der Waals surface area contributed by atoms with Crippen LogP contribution < -0.4 is 10.1 Å². The van der Waals surface area contributed by atoms with Gasteiger partial charge in [-0.1, -0.05) is 0 Å². The molecule has 0 radical (unpaired) electrons. The van der Waals surface area contributed by atoms with Crippen molar-refractivity contribution >= 4 is 42.7 Å². The summed E-state index contributed by atoms with van der Waals surface area (Å²) in [6.07, 6.45) is 2.01. The molecule has 0 aromatic heterocycles. The van der Waals surface area contributed by atoms with Crippen LogP contribution in [0.2, 0.25) is 0 Å². The summed E-state index contributed by atoms with van der Waals surface area (Å²) < 4.78 is 18.8. The minimum Gasteiger partial charge on any atom is -0.492 e. The van der Waals surface area contributed by atoms with Gasteiger partial charge in [-0.3, -0.25) is 4.21 Å². The Kier molecular flexibility index (Phi) is 6.52. The monoisotopic (exact) mass is 423 g/mol. The molecule has 6 heteroatoms. The lowest BCUT2D eigenvalue weighted by Gasteiger charge is -2.23. The molecule has 1 aliphatic rings. The Morgan fingerprint density at radius 1 is 1.30 bits per heavy atom. The van der Waals surface area contributed by atoms with E-state index in [2.05, 4.69) is 49.3 Å². The normalized spacial score (nSPS) is 22.8. The molecule has 1 aromatic carbocycles. The van der Waals surface area contributed by atoms with E-state index in [1.54, 1.807) is 0 Å². The van der Waals surface area contributed by atoms with Crippen molar-refractivity contribution in [2.24, 2.45) is 0 Å². The number of benzene rings is 1. The fraction of sp³-hybridized carbons (Fsp3) is 0.571. The maximum atomic E-state index is 11.3. The zero-order chi connectivity index (χ0) is 14.5. The van der Waals surface area contributed by atoms with Crippen LogP contribution in [0.3, 0.4) is 0 Å². The van der Waals surface area contributed by atoms with Crippen molar-refractivity contribution in [3.63, 3.8) is 0 Å². The van der Waals surface area contributed by atoms with Gasteiger partial charge in [0.2, 0.25) is 0 Å². The second-order valence-corrected chi connectivity index (χ2v) is 8.23. The lowest BCUT2D eigenvalue weighted by Crippen LogP contribution is -2.35. The summed E-state index contributed by atoms with van der Waals surface area (Å²) >= 11 is 7.10. The standard InChI is InChI=1S/C14H19Br2NO2S/c1-2-19-14-12(15)7-10(8-13(14)16)9-17-11-3-5-20(18)6-4-11/h7-8,11,17H,2-6,9H2,1H3. The Morgan fingerprint density at radius 3 is 2.45 bits per heavy atom. The average molecular weight is 425 g/mol. The van der Waals surface area contributed by atoms with Crippen molar-refractivity contribution in [3.05, 3.63) is 26.6 Å². The Balaban J connectivity index is 1.94. The molecule has 0 aliphatic carbocycles. The van der Waals surface area contributed by atoms with E-state index in [-0.39, 0.29) is 0 Å². The van der Waals surface area contributed by atoms with Crippen LogP contribution in [-0.4, -0.2) is 28.4 Å². The first kappa shape index (κ1) is 16.5. The summed E-state index contributed by atoms with van der Waals surface area (Å²) in [5.74, 6) is 2.51. The predicted octanol–water partition coefficient (Wildman–Crippen LogP) is 3.61. The quantitative estimate of drug-likeness (QED) is 0.784. The van der Waals surface area contributed by atoms with E-state index in [9.17, 15) is 4.21 Å².